The summed E-state index contributed by atoms with van der Waals surface area (Å²) < 4.78 is 31.6. The number of nitrogens with one attached hydrogen (secondary N) is 1. The van der Waals surface area contributed by atoms with Gasteiger partial charge in [0, 0.05) is 12.7 Å². The number of aromatic nitrogens is 1. The zero-order chi connectivity index (χ0) is 13.3. The van der Waals surface area contributed by atoms with Crippen molar-refractivity contribution < 1.29 is 12.8 Å². The third-order valence-electron chi connectivity index (χ3n) is 3.07. The zero-order valence-electron chi connectivity index (χ0n) is 10.2. The Hall–Kier alpha value is -1.66. The molecule has 19 heavy (non-hydrogen) atoms. The Morgan fingerprint density at radius 3 is 2.84 bits per heavy atom. The van der Waals surface area contributed by atoms with Crippen LogP contribution in [0.2, 0.25) is 0 Å². The van der Waals surface area contributed by atoms with Crippen molar-refractivity contribution in [1.82, 2.24) is 9.71 Å². The van der Waals surface area contributed by atoms with E-state index in [2.05, 4.69) is 9.71 Å². The van der Waals surface area contributed by atoms with Crippen molar-refractivity contribution in [2.45, 2.75) is 24.6 Å². The van der Waals surface area contributed by atoms with Crippen molar-refractivity contribution in [1.29, 1.82) is 0 Å². The molecule has 5 nitrogen and oxygen atoms in total. The molecular weight excluding hydrogens is 264 g/mol. The van der Waals surface area contributed by atoms with E-state index in [9.17, 15) is 8.42 Å². The minimum atomic E-state index is -3.18. The van der Waals surface area contributed by atoms with Crippen LogP contribution >= 0.6 is 0 Å². The van der Waals surface area contributed by atoms with Gasteiger partial charge in [-0.3, -0.25) is 4.98 Å². The summed E-state index contributed by atoms with van der Waals surface area (Å²) >= 11 is 0. The molecule has 0 bridgehead atoms. The van der Waals surface area contributed by atoms with E-state index < -0.39 is 10.0 Å². The molecule has 1 N–H and O–H groups in total. The number of hydrogen-bond acceptors (Lipinski definition) is 4. The molecule has 0 saturated heterocycles. The first-order valence-corrected chi connectivity index (χ1v) is 7.68. The highest BCUT2D eigenvalue weighted by atomic mass is 32.2. The van der Waals surface area contributed by atoms with E-state index in [1.165, 1.54) is 0 Å². The summed E-state index contributed by atoms with van der Waals surface area (Å²) in [7, 11) is -3.18. The maximum absolute atomic E-state index is 11.8. The molecule has 6 heteroatoms. The van der Waals surface area contributed by atoms with E-state index >= 15 is 0 Å². The van der Waals surface area contributed by atoms with Gasteiger partial charge in [-0.25, -0.2) is 13.1 Å². The van der Waals surface area contributed by atoms with Gasteiger partial charge in [0.15, 0.2) is 5.76 Å². The molecule has 2 aromatic heterocycles. The lowest BCUT2D eigenvalue weighted by Crippen LogP contribution is -2.27. The third-order valence-corrected chi connectivity index (χ3v) is 4.97. The minimum absolute atomic E-state index is 0.212. The SMILES string of the molecule is O=S(=O)(NCc1cccnc1-c1ccco1)C1CC1. The molecule has 1 aliphatic carbocycles. The Morgan fingerprint density at radius 1 is 1.32 bits per heavy atom. The predicted molar refractivity (Wildman–Crippen MR) is 70.7 cm³/mol. The molecule has 0 aromatic carbocycles. The molecular formula is C13H14N2O3S. The summed E-state index contributed by atoms with van der Waals surface area (Å²) in [6, 6.07) is 7.22. The second-order valence-corrected chi connectivity index (χ2v) is 6.60. The summed E-state index contributed by atoms with van der Waals surface area (Å²) in [6.07, 6.45) is 4.75. The van der Waals surface area contributed by atoms with Crippen LogP contribution in [0.15, 0.2) is 41.1 Å². The third kappa shape index (κ3) is 2.69. The van der Waals surface area contributed by atoms with Crippen molar-refractivity contribution in [2.24, 2.45) is 0 Å². The molecule has 0 atom stereocenters. The fourth-order valence-electron chi connectivity index (χ4n) is 1.89. The Labute approximate surface area is 111 Å². The lowest BCUT2D eigenvalue weighted by molar-refractivity contribution is 0.574. The maximum Gasteiger partial charge on any atom is 0.214 e. The first-order chi connectivity index (χ1) is 9.17. The van der Waals surface area contributed by atoms with E-state index in [1.54, 1.807) is 30.7 Å². The van der Waals surface area contributed by atoms with Gasteiger partial charge in [0.25, 0.3) is 0 Å². The fraction of sp³-hybridized carbons (Fsp3) is 0.308. The number of furan rings is 1. The average Bonchev–Trinajstić information content (AvgIpc) is 3.14. The molecule has 0 unspecified atom stereocenters. The molecule has 3 rings (SSSR count). The van der Waals surface area contributed by atoms with Crippen LogP contribution < -0.4 is 4.72 Å². The van der Waals surface area contributed by atoms with Crippen molar-refractivity contribution in [3.63, 3.8) is 0 Å². The van der Waals surface area contributed by atoms with Gasteiger partial charge in [-0.1, -0.05) is 6.07 Å². The van der Waals surface area contributed by atoms with Gasteiger partial charge < -0.3 is 4.42 Å². The Balaban J connectivity index is 1.81. The van der Waals surface area contributed by atoms with E-state index in [4.69, 9.17) is 4.42 Å². The maximum atomic E-state index is 11.8. The van der Waals surface area contributed by atoms with Gasteiger partial charge in [-0.2, -0.15) is 0 Å². The number of hydrogen-bond donors (Lipinski definition) is 1. The Kier molecular flexibility index (Phi) is 3.12. The highest BCUT2D eigenvalue weighted by molar-refractivity contribution is 7.90. The summed E-state index contributed by atoms with van der Waals surface area (Å²) in [5.74, 6) is 0.640. The monoisotopic (exact) mass is 278 g/mol. The topological polar surface area (TPSA) is 72.2 Å². The van der Waals surface area contributed by atoms with Crippen molar-refractivity contribution >= 4 is 10.0 Å². The molecule has 1 aliphatic rings. The van der Waals surface area contributed by atoms with Crippen LogP contribution in [0, 0.1) is 0 Å². The number of pyridine rings is 1. The average molecular weight is 278 g/mol. The first kappa shape index (κ1) is 12.4. The number of nitrogens with zero attached hydrogens (tertiary/aromatic N) is 1. The summed E-state index contributed by atoms with van der Waals surface area (Å²) in [5, 5.41) is -0.212. The molecule has 0 aliphatic heterocycles. The predicted octanol–water partition coefficient (Wildman–Crippen LogP) is 1.92. The van der Waals surface area contributed by atoms with E-state index in [0.29, 0.717) is 11.5 Å². The van der Waals surface area contributed by atoms with Crippen LogP contribution in [-0.4, -0.2) is 18.7 Å². The molecule has 2 heterocycles. The quantitative estimate of drug-likeness (QED) is 0.907. The van der Waals surface area contributed by atoms with Crippen LogP contribution in [0.3, 0.4) is 0 Å². The summed E-state index contributed by atoms with van der Waals surface area (Å²) in [4.78, 5) is 4.25. The van der Waals surface area contributed by atoms with Gasteiger partial charge in [0.1, 0.15) is 5.69 Å². The van der Waals surface area contributed by atoms with E-state index in [-0.39, 0.29) is 11.8 Å². The largest absolute Gasteiger partial charge is 0.463 e. The lowest BCUT2D eigenvalue weighted by Gasteiger charge is -2.08. The number of rotatable bonds is 5. The van der Waals surface area contributed by atoms with Crippen LogP contribution in [-0.2, 0) is 16.6 Å². The van der Waals surface area contributed by atoms with Gasteiger partial charge >= 0.3 is 0 Å². The number of sulfonamides is 1. The summed E-state index contributed by atoms with van der Waals surface area (Å²) in [5.41, 5.74) is 1.48. The smallest absolute Gasteiger partial charge is 0.214 e. The second kappa shape index (κ2) is 4.79. The van der Waals surface area contributed by atoms with Crippen molar-refractivity contribution in [3.8, 4) is 11.5 Å². The normalized spacial score (nSPS) is 15.6. The Morgan fingerprint density at radius 2 is 2.16 bits per heavy atom. The van der Waals surface area contributed by atoms with Crippen LogP contribution in [0.1, 0.15) is 18.4 Å². The van der Waals surface area contributed by atoms with Gasteiger partial charge in [-0.05, 0) is 36.6 Å². The first-order valence-electron chi connectivity index (χ1n) is 6.13. The molecule has 0 spiro atoms. The molecule has 0 amide bonds. The fourth-order valence-corrected chi connectivity index (χ4v) is 3.24. The zero-order valence-corrected chi connectivity index (χ0v) is 11.1. The molecule has 100 valence electrons. The van der Waals surface area contributed by atoms with Crippen LogP contribution in [0.25, 0.3) is 11.5 Å². The van der Waals surface area contributed by atoms with E-state index in [1.807, 2.05) is 6.07 Å². The standard InChI is InChI=1S/C13H14N2O3S/c16-19(17,11-5-6-11)15-9-10-3-1-7-14-13(10)12-4-2-8-18-12/h1-4,7-8,11,15H,5-6,9H2. The van der Waals surface area contributed by atoms with E-state index in [0.717, 1.165) is 18.4 Å². The van der Waals surface area contributed by atoms with Gasteiger partial charge in [0.2, 0.25) is 10.0 Å². The van der Waals surface area contributed by atoms with Crippen LogP contribution in [0.4, 0.5) is 0 Å². The van der Waals surface area contributed by atoms with Gasteiger partial charge in [-0.15, -0.1) is 0 Å². The lowest BCUT2D eigenvalue weighted by atomic mass is 10.1. The minimum Gasteiger partial charge on any atom is -0.463 e. The van der Waals surface area contributed by atoms with Gasteiger partial charge in [0.05, 0.1) is 11.5 Å². The highest BCUT2D eigenvalue weighted by Crippen LogP contribution is 2.28. The van der Waals surface area contributed by atoms with Crippen molar-refractivity contribution in [3.05, 3.63) is 42.3 Å². The van der Waals surface area contributed by atoms with Crippen LogP contribution in [0.5, 0.6) is 0 Å². The molecule has 0 radical (unpaired) electrons. The summed E-state index contributed by atoms with van der Waals surface area (Å²) in [6.45, 7) is 0.239. The second-order valence-electron chi connectivity index (χ2n) is 4.55. The molecule has 1 saturated carbocycles. The highest BCUT2D eigenvalue weighted by Gasteiger charge is 2.35. The Bertz CT molecular complexity index is 661. The molecule has 2 aromatic rings. The molecule has 1 fully saturated rings. The van der Waals surface area contributed by atoms with Crippen molar-refractivity contribution in [2.75, 3.05) is 0 Å².